The van der Waals surface area contributed by atoms with Gasteiger partial charge in [-0.1, -0.05) is 32.0 Å². The third kappa shape index (κ3) is 5.44. The van der Waals surface area contributed by atoms with E-state index in [9.17, 15) is 10.1 Å². The molecule has 0 radical (unpaired) electrons. The van der Waals surface area contributed by atoms with Crippen LogP contribution in [0.4, 0.5) is 0 Å². The predicted molar refractivity (Wildman–Crippen MR) is 135 cm³/mol. The number of hydrogen-bond donors (Lipinski definition) is 1. The van der Waals surface area contributed by atoms with E-state index in [1.54, 1.807) is 42.5 Å². The lowest BCUT2D eigenvalue weighted by molar-refractivity contribution is 0.0734. The molecule has 0 bridgehead atoms. The number of ether oxygens (including phenoxy) is 4. The smallest absolute Gasteiger partial charge is 0.343 e. The molecule has 1 aliphatic rings. The van der Waals surface area contributed by atoms with E-state index < -0.39 is 11.9 Å². The van der Waals surface area contributed by atoms with Crippen molar-refractivity contribution in [3.63, 3.8) is 0 Å². The van der Waals surface area contributed by atoms with Gasteiger partial charge in [0.25, 0.3) is 0 Å². The van der Waals surface area contributed by atoms with Crippen LogP contribution in [0, 0.1) is 11.3 Å². The molecule has 0 amide bonds. The highest BCUT2D eigenvalue weighted by atomic mass is 16.5. The van der Waals surface area contributed by atoms with Crippen LogP contribution in [0.2, 0.25) is 0 Å². The zero-order valence-corrected chi connectivity index (χ0v) is 20.3. The fourth-order valence-corrected chi connectivity index (χ4v) is 3.92. The number of rotatable bonds is 9. The SMILES string of the molecule is CCCOc1ccc(C(=O)Oc2ccc3c(c2)OC(N)=C(C#N)C3c2cccc(OCCC)c2)cc1. The summed E-state index contributed by atoms with van der Waals surface area (Å²) in [7, 11) is 0. The van der Waals surface area contributed by atoms with Crippen molar-refractivity contribution in [3.05, 3.63) is 94.9 Å². The number of allylic oxidation sites excluding steroid dienone is 1. The van der Waals surface area contributed by atoms with E-state index in [2.05, 4.69) is 6.07 Å². The van der Waals surface area contributed by atoms with Crippen LogP contribution in [0.15, 0.2) is 78.2 Å². The molecule has 3 aromatic rings. The van der Waals surface area contributed by atoms with Crippen LogP contribution in [-0.4, -0.2) is 19.2 Å². The largest absolute Gasteiger partial charge is 0.494 e. The molecule has 0 saturated heterocycles. The van der Waals surface area contributed by atoms with Crippen LogP contribution < -0.4 is 24.7 Å². The fourth-order valence-electron chi connectivity index (χ4n) is 3.92. The van der Waals surface area contributed by atoms with Crippen molar-refractivity contribution in [1.29, 1.82) is 5.26 Å². The highest BCUT2D eigenvalue weighted by Crippen LogP contribution is 2.44. The van der Waals surface area contributed by atoms with Gasteiger partial charge in [0.05, 0.1) is 24.7 Å². The number of esters is 1. The molecule has 7 heteroatoms. The first-order valence-corrected chi connectivity index (χ1v) is 11.9. The molecular formula is C29H28N2O5. The van der Waals surface area contributed by atoms with Gasteiger partial charge >= 0.3 is 5.97 Å². The second-order valence-corrected chi connectivity index (χ2v) is 8.31. The number of fused-ring (bicyclic) bond motifs is 1. The second-order valence-electron chi connectivity index (χ2n) is 8.31. The molecule has 4 rings (SSSR count). The molecule has 0 saturated carbocycles. The van der Waals surface area contributed by atoms with Crippen LogP contribution in [-0.2, 0) is 0 Å². The Hall–Kier alpha value is -4.44. The zero-order chi connectivity index (χ0) is 25.5. The van der Waals surface area contributed by atoms with Gasteiger partial charge in [-0.15, -0.1) is 0 Å². The summed E-state index contributed by atoms with van der Waals surface area (Å²) in [6, 6.07) is 21.6. The molecular weight excluding hydrogens is 456 g/mol. The van der Waals surface area contributed by atoms with Crippen molar-refractivity contribution in [2.24, 2.45) is 5.73 Å². The first-order chi connectivity index (χ1) is 17.5. The van der Waals surface area contributed by atoms with Gasteiger partial charge in [-0.3, -0.25) is 0 Å². The summed E-state index contributed by atoms with van der Waals surface area (Å²) in [5, 5.41) is 9.82. The Morgan fingerprint density at radius 2 is 1.64 bits per heavy atom. The van der Waals surface area contributed by atoms with E-state index in [-0.39, 0.29) is 5.88 Å². The minimum Gasteiger partial charge on any atom is -0.494 e. The molecule has 2 N–H and O–H groups in total. The van der Waals surface area contributed by atoms with Crippen LogP contribution in [0.3, 0.4) is 0 Å². The van der Waals surface area contributed by atoms with Crippen LogP contribution in [0.25, 0.3) is 0 Å². The summed E-state index contributed by atoms with van der Waals surface area (Å²) in [6.45, 7) is 5.28. The molecule has 7 nitrogen and oxygen atoms in total. The summed E-state index contributed by atoms with van der Waals surface area (Å²) in [5.74, 6) is 1.20. The van der Waals surface area contributed by atoms with Gasteiger partial charge in [0, 0.05) is 11.6 Å². The maximum absolute atomic E-state index is 12.7. The van der Waals surface area contributed by atoms with Crippen molar-refractivity contribution in [2.45, 2.75) is 32.6 Å². The Bertz CT molecular complexity index is 1310. The van der Waals surface area contributed by atoms with E-state index in [1.807, 2.05) is 38.1 Å². The van der Waals surface area contributed by atoms with Gasteiger partial charge in [-0.2, -0.15) is 5.26 Å². The summed E-state index contributed by atoms with van der Waals surface area (Å²) in [5.41, 5.74) is 8.42. The molecule has 1 unspecified atom stereocenters. The number of carbonyl (C=O) groups is 1. The van der Waals surface area contributed by atoms with E-state index in [0.29, 0.717) is 41.6 Å². The van der Waals surface area contributed by atoms with E-state index in [0.717, 1.165) is 29.7 Å². The maximum atomic E-state index is 12.7. The number of carbonyl (C=O) groups excluding carboxylic acids is 1. The Labute approximate surface area is 210 Å². The Morgan fingerprint density at radius 1 is 0.944 bits per heavy atom. The molecule has 1 heterocycles. The van der Waals surface area contributed by atoms with Crippen molar-refractivity contribution in [2.75, 3.05) is 13.2 Å². The number of nitrogens with zero attached hydrogens (tertiary/aromatic N) is 1. The van der Waals surface area contributed by atoms with Gasteiger partial charge in [0.15, 0.2) is 0 Å². The summed E-state index contributed by atoms with van der Waals surface area (Å²) < 4.78 is 22.7. The molecule has 0 aromatic heterocycles. The van der Waals surface area contributed by atoms with Gasteiger partial charge in [0.1, 0.15) is 34.6 Å². The van der Waals surface area contributed by atoms with Gasteiger partial charge in [0.2, 0.25) is 5.88 Å². The first-order valence-electron chi connectivity index (χ1n) is 11.9. The summed E-state index contributed by atoms with van der Waals surface area (Å²) in [6.07, 6.45) is 1.79. The zero-order valence-electron chi connectivity index (χ0n) is 20.3. The fraction of sp³-hybridized carbons (Fsp3) is 0.241. The molecule has 36 heavy (non-hydrogen) atoms. The Balaban J connectivity index is 1.59. The first kappa shape index (κ1) is 24.7. The van der Waals surface area contributed by atoms with Crippen molar-refractivity contribution < 1.29 is 23.7 Å². The third-order valence-electron chi connectivity index (χ3n) is 5.63. The number of nitriles is 1. The maximum Gasteiger partial charge on any atom is 0.343 e. The number of nitrogens with two attached hydrogens (primary N) is 1. The topological polar surface area (TPSA) is 104 Å². The van der Waals surface area contributed by atoms with Crippen molar-refractivity contribution in [1.82, 2.24) is 0 Å². The lowest BCUT2D eigenvalue weighted by atomic mass is 9.83. The molecule has 1 aliphatic heterocycles. The highest BCUT2D eigenvalue weighted by molar-refractivity contribution is 5.91. The predicted octanol–water partition coefficient (Wildman–Crippen LogP) is 5.70. The van der Waals surface area contributed by atoms with E-state index >= 15 is 0 Å². The minimum absolute atomic E-state index is 0.0148. The number of hydrogen-bond acceptors (Lipinski definition) is 7. The molecule has 3 aromatic carbocycles. The normalized spacial score (nSPS) is 14.3. The lowest BCUT2D eigenvalue weighted by Gasteiger charge is -2.27. The molecule has 184 valence electrons. The summed E-state index contributed by atoms with van der Waals surface area (Å²) >= 11 is 0. The average Bonchev–Trinajstić information content (AvgIpc) is 2.90. The number of benzene rings is 3. The van der Waals surface area contributed by atoms with E-state index in [4.69, 9.17) is 24.7 Å². The van der Waals surface area contributed by atoms with Crippen molar-refractivity contribution >= 4 is 5.97 Å². The van der Waals surface area contributed by atoms with Crippen LogP contribution in [0.5, 0.6) is 23.0 Å². The standard InChI is InChI=1S/C29H28N2O5/c1-3-14-33-21-10-8-19(9-11-21)29(32)35-23-12-13-24-26(17-23)36-28(31)25(18-30)27(24)20-6-5-7-22(16-20)34-15-4-2/h5-13,16-17,27H,3-4,14-15,31H2,1-2H3. The molecule has 0 aliphatic carbocycles. The average molecular weight is 485 g/mol. The van der Waals surface area contributed by atoms with Crippen LogP contribution in [0.1, 0.15) is 54.1 Å². The molecule has 1 atom stereocenters. The molecule has 0 fully saturated rings. The van der Waals surface area contributed by atoms with Gasteiger partial charge in [-0.25, -0.2) is 4.79 Å². The molecule has 0 spiro atoms. The van der Waals surface area contributed by atoms with Crippen molar-refractivity contribution in [3.8, 4) is 29.1 Å². The minimum atomic E-state index is -0.508. The third-order valence-corrected chi connectivity index (χ3v) is 5.63. The van der Waals surface area contributed by atoms with Crippen LogP contribution >= 0.6 is 0 Å². The second kappa shape index (κ2) is 11.3. The van der Waals surface area contributed by atoms with Gasteiger partial charge < -0.3 is 24.7 Å². The monoisotopic (exact) mass is 484 g/mol. The highest BCUT2D eigenvalue weighted by Gasteiger charge is 2.31. The van der Waals surface area contributed by atoms with E-state index in [1.165, 1.54) is 0 Å². The lowest BCUT2D eigenvalue weighted by Crippen LogP contribution is -2.21. The Kier molecular flexibility index (Phi) is 7.76. The Morgan fingerprint density at radius 3 is 2.33 bits per heavy atom. The quantitative estimate of drug-likeness (QED) is 0.307. The van der Waals surface area contributed by atoms with Gasteiger partial charge in [-0.05, 0) is 60.9 Å². The summed E-state index contributed by atoms with van der Waals surface area (Å²) in [4.78, 5) is 12.7.